The molecule has 0 fully saturated rings. The number of nitrogens with one attached hydrogen (secondary N) is 1. The summed E-state index contributed by atoms with van der Waals surface area (Å²) in [5.74, 6) is -1.29. The number of non-ortho nitro benzene ring substituents is 1. The molecule has 0 aliphatic heterocycles. The number of nitro benzene ring substituents is 1. The number of nitrogens with two attached hydrogens (primary N) is 1. The molecule has 0 spiro atoms. The fourth-order valence-electron chi connectivity index (χ4n) is 1.80. The number of hydrogen-bond donors (Lipinski definition) is 2. The van der Waals surface area contributed by atoms with Crippen molar-refractivity contribution in [3.8, 4) is 0 Å². The molecule has 0 saturated heterocycles. The molecule has 0 bridgehead atoms. The first kappa shape index (κ1) is 14.4. The van der Waals surface area contributed by atoms with E-state index in [0.29, 0.717) is 11.3 Å². The number of hydrogen-bond acceptors (Lipinski definition) is 4. The van der Waals surface area contributed by atoms with E-state index in [-0.39, 0.29) is 17.8 Å². The molecule has 3 N–H and O–H groups in total. The summed E-state index contributed by atoms with van der Waals surface area (Å²) in [7, 11) is 0. The van der Waals surface area contributed by atoms with E-state index < -0.39 is 16.6 Å². The van der Waals surface area contributed by atoms with Crippen LogP contribution in [0.1, 0.15) is 5.56 Å². The van der Waals surface area contributed by atoms with Crippen LogP contribution in [0.3, 0.4) is 0 Å². The maximum Gasteiger partial charge on any atom is 0.272 e. The molecule has 1 amide bonds. The van der Waals surface area contributed by atoms with E-state index in [1.807, 2.05) is 0 Å². The van der Waals surface area contributed by atoms with E-state index in [9.17, 15) is 19.3 Å². The molecular weight excluding hydrogens is 277 g/mol. The van der Waals surface area contributed by atoms with Crippen LogP contribution in [0.4, 0.5) is 21.5 Å². The van der Waals surface area contributed by atoms with E-state index in [1.165, 1.54) is 0 Å². The lowest BCUT2D eigenvalue weighted by Crippen LogP contribution is -2.15. The Kier molecular flexibility index (Phi) is 4.13. The normalized spacial score (nSPS) is 10.1. The predicted octanol–water partition coefficient (Wildman–Crippen LogP) is 2.50. The van der Waals surface area contributed by atoms with E-state index in [0.717, 1.165) is 18.2 Å². The van der Waals surface area contributed by atoms with Gasteiger partial charge >= 0.3 is 0 Å². The molecule has 0 aromatic heterocycles. The van der Waals surface area contributed by atoms with Crippen LogP contribution >= 0.6 is 0 Å². The van der Waals surface area contributed by atoms with Crippen molar-refractivity contribution < 1.29 is 14.1 Å². The highest BCUT2D eigenvalue weighted by atomic mass is 19.1. The Bertz CT molecular complexity index is 704. The molecule has 7 heteroatoms. The number of nitrogens with zero attached hydrogens (tertiary/aromatic N) is 1. The number of carbonyl (C=O) groups is 1. The van der Waals surface area contributed by atoms with Gasteiger partial charge in [-0.3, -0.25) is 14.9 Å². The Morgan fingerprint density at radius 1 is 1.29 bits per heavy atom. The number of benzene rings is 2. The first-order chi connectivity index (χ1) is 9.95. The van der Waals surface area contributed by atoms with Crippen molar-refractivity contribution in [2.45, 2.75) is 6.42 Å². The smallest absolute Gasteiger partial charge is 0.272 e. The van der Waals surface area contributed by atoms with Gasteiger partial charge in [0, 0.05) is 11.8 Å². The minimum atomic E-state index is -0.856. The molecule has 0 radical (unpaired) electrons. The fraction of sp³-hybridized carbons (Fsp3) is 0.0714. The van der Waals surface area contributed by atoms with Crippen molar-refractivity contribution in [1.29, 1.82) is 0 Å². The second kappa shape index (κ2) is 6.00. The van der Waals surface area contributed by atoms with Crippen LogP contribution in [0.5, 0.6) is 0 Å². The van der Waals surface area contributed by atoms with Gasteiger partial charge in [-0.05, 0) is 23.8 Å². The Morgan fingerprint density at radius 2 is 2.05 bits per heavy atom. The van der Waals surface area contributed by atoms with Gasteiger partial charge in [0.25, 0.3) is 5.69 Å². The molecule has 0 aliphatic rings. The summed E-state index contributed by atoms with van der Waals surface area (Å²) >= 11 is 0. The number of carbonyl (C=O) groups excluding carboxylic acids is 1. The van der Waals surface area contributed by atoms with Crippen molar-refractivity contribution >= 4 is 23.0 Å². The molecule has 0 unspecified atom stereocenters. The largest absolute Gasteiger partial charge is 0.399 e. The summed E-state index contributed by atoms with van der Waals surface area (Å²) in [5, 5.41) is 12.9. The van der Waals surface area contributed by atoms with Gasteiger partial charge < -0.3 is 11.1 Å². The topological polar surface area (TPSA) is 98.3 Å². The average molecular weight is 289 g/mol. The number of nitrogen functional groups attached to an aromatic ring is 1. The van der Waals surface area contributed by atoms with Crippen molar-refractivity contribution in [2.24, 2.45) is 0 Å². The Morgan fingerprint density at radius 3 is 2.67 bits per heavy atom. The second-order valence-electron chi connectivity index (χ2n) is 4.39. The number of nitro groups is 1. The molecule has 108 valence electrons. The standard InChI is InChI=1S/C14H12FN3O3/c15-12-8-11(18(20)21)4-5-13(12)17-14(19)7-9-2-1-3-10(16)6-9/h1-6,8H,7,16H2,(H,17,19). The average Bonchev–Trinajstić information content (AvgIpc) is 2.40. The lowest BCUT2D eigenvalue weighted by Gasteiger charge is -2.07. The molecular formula is C14H12FN3O3. The summed E-state index contributed by atoms with van der Waals surface area (Å²) in [5.41, 5.74) is 6.34. The van der Waals surface area contributed by atoms with Gasteiger partial charge in [-0.1, -0.05) is 12.1 Å². The zero-order valence-corrected chi connectivity index (χ0v) is 10.9. The van der Waals surface area contributed by atoms with Crippen LogP contribution in [0.2, 0.25) is 0 Å². The highest BCUT2D eigenvalue weighted by molar-refractivity contribution is 5.92. The van der Waals surface area contributed by atoms with Crippen LogP contribution in [-0.2, 0) is 11.2 Å². The Balaban J connectivity index is 2.08. The van der Waals surface area contributed by atoms with Gasteiger partial charge in [-0.15, -0.1) is 0 Å². The van der Waals surface area contributed by atoms with Gasteiger partial charge in [0.15, 0.2) is 5.82 Å². The molecule has 2 aromatic carbocycles. The molecule has 0 heterocycles. The van der Waals surface area contributed by atoms with Crippen LogP contribution < -0.4 is 11.1 Å². The molecule has 21 heavy (non-hydrogen) atoms. The van der Waals surface area contributed by atoms with E-state index >= 15 is 0 Å². The SMILES string of the molecule is Nc1cccc(CC(=O)Nc2ccc([N+](=O)[O-])cc2F)c1. The van der Waals surface area contributed by atoms with Crippen molar-refractivity contribution in [1.82, 2.24) is 0 Å². The third-order valence-corrected chi connectivity index (χ3v) is 2.75. The quantitative estimate of drug-likeness (QED) is 0.513. The minimum absolute atomic E-state index is 0.0292. The van der Waals surface area contributed by atoms with Crippen LogP contribution in [0.15, 0.2) is 42.5 Å². The third kappa shape index (κ3) is 3.75. The number of anilines is 2. The number of halogens is 1. The van der Waals surface area contributed by atoms with Crippen molar-refractivity contribution in [3.05, 3.63) is 64.0 Å². The summed E-state index contributed by atoms with van der Waals surface area (Å²) in [6.45, 7) is 0. The predicted molar refractivity (Wildman–Crippen MR) is 76.2 cm³/mol. The summed E-state index contributed by atoms with van der Waals surface area (Å²) in [6, 6.07) is 9.82. The van der Waals surface area contributed by atoms with Crippen molar-refractivity contribution in [3.63, 3.8) is 0 Å². The Labute approximate surface area is 119 Å². The molecule has 2 aromatic rings. The van der Waals surface area contributed by atoms with Gasteiger partial charge in [-0.2, -0.15) is 0 Å². The van der Waals surface area contributed by atoms with E-state index in [2.05, 4.69) is 5.32 Å². The summed E-state index contributed by atoms with van der Waals surface area (Å²) < 4.78 is 13.6. The van der Waals surface area contributed by atoms with E-state index in [1.54, 1.807) is 24.3 Å². The van der Waals surface area contributed by atoms with Crippen molar-refractivity contribution in [2.75, 3.05) is 11.1 Å². The Hall–Kier alpha value is -2.96. The maximum absolute atomic E-state index is 13.6. The summed E-state index contributed by atoms with van der Waals surface area (Å²) in [4.78, 5) is 21.6. The van der Waals surface area contributed by atoms with Crippen LogP contribution in [-0.4, -0.2) is 10.8 Å². The fourth-order valence-corrected chi connectivity index (χ4v) is 1.80. The second-order valence-corrected chi connectivity index (χ2v) is 4.39. The monoisotopic (exact) mass is 289 g/mol. The van der Waals surface area contributed by atoms with E-state index in [4.69, 9.17) is 5.73 Å². The summed E-state index contributed by atoms with van der Waals surface area (Å²) in [6.07, 6.45) is 0.0292. The molecule has 0 atom stereocenters. The van der Waals surface area contributed by atoms with Gasteiger partial charge in [0.1, 0.15) is 0 Å². The van der Waals surface area contributed by atoms with Crippen LogP contribution in [0, 0.1) is 15.9 Å². The molecule has 6 nitrogen and oxygen atoms in total. The lowest BCUT2D eigenvalue weighted by molar-refractivity contribution is -0.385. The lowest BCUT2D eigenvalue weighted by atomic mass is 10.1. The molecule has 0 aliphatic carbocycles. The highest BCUT2D eigenvalue weighted by Gasteiger charge is 2.13. The molecule has 0 saturated carbocycles. The zero-order chi connectivity index (χ0) is 15.4. The van der Waals surface area contributed by atoms with Gasteiger partial charge in [0.2, 0.25) is 5.91 Å². The molecule has 2 rings (SSSR count). The maximum atomic E-state index is 13.6. The number of amides is 1. The van der Waals surface area contributed by atoms with Gasteiger partial charge in [0.05, 0.1) is 23.1 Å². The zero-order valence-electron chi connectivity index (χ0n) is 10.9. The minimum Gasteiger partial charge on any atom is -0.399 e. The first-order valence-corrected chi connectivity index (χ1v) is 6.04. The number of rotatable bonds is 4. The van der Waals surface area contributed by atoms with Gasteiger partial charge in [-0.25, -0.2) is 4.39 Å². The third-order valence-electron chi connectivity index (χ3n) is 2.75. The van der Waals surface area contributed by atoms with Crippen LogP contribution in [0.25, 0.3) is 0 Å². The first-order valence-electron chi connectivity index (χ1n) is 6.04. The highest BCUT2D eigenvalue weighted by Crippen LogP contribution is 2.20.